The van der Waals surface area contributed by atoms with E-state index in [0.717, 1.165) is 0 Å². The van der Waals surface area contributed by atoms with Crippen LogP contribution in [0.1, 0.15) is 263 Å². The van der Waals surface area contributed by atoms with Crippen molar-refractivity contribution in [2.24, 2.45) is 0 Å². The highest BCUT2D eigenvalue weighted by atomic mass is 32.1. The molecule has 0 fully saturated rings. The molecule has 2 nitrogen and oxygen atoms in total. The standard InChI is InChI=1S/C75H95BN2S/c1-44-36-51-54(71(12,13)31-30-68(51,6)7)41-48(44)45-37-59-62-60(38-45)78(47-23-25-50-53(40-47)70(10,11)29-27-67(50,4)5)65-63(61-64(79-65)75(20,21)35-34-74(61,18)19)76(62)57-42-55-56(73(16,17)33-32-72(55,14)15)43-58(57)77(59)46-22-24-49-52(39-46)69(8,9)28-26-66(49,2)3/h22-25,36-43H,26-35H2,1-21H3. The number of hydrogen-bond donors (Lipinski definition) is 0. The Hall–Kier alpha value is -4.54. The van der Waals surface area contributed by atoms with Gasteiger partial charge in [0.1, 0.15) is 0 Å². The van der Waals surface area contributed by atoms with E-state index in [-0.39, 0.29) is 60.9 Å². The van der Waals surface area contributed by atoms with Gasteiger partial charge in [-0.3, -0.25) is 0 Å². The lowest BCUT2D eigenvalue weighted by molar-refractivity contribution is 0.332. The number of nitrogens with zero attached hydrogens (tertiary/aromatic N) is 2. The summed E-state index contributed by atoms with van der Waals surface area (Å²) in [6.45, 7) is 52.9. The van der Waals surface area contributed by atoms with E-state index in [4.69, 9.17) is 0 Å². The number of hydrogen-bond acceptors (Lipinski definition) is 3. The van der Waals surface area contributed by atoms with Gasteiger partial charge in [-0.15, -0.1) is 11.3 Å². The Balaban J connectivity index is 1.21. The van der Waals surface area contributed by atoms with Gasteiger partial charge in [-0.2, -0.15) is 0 Å². The van der Waals surface area contributed by atoms with Crippen molar-refractivity contribution >= 4 is 67.9 Å². The van der Waals surface area contributed by atoms with Crippen molar-refractivity contribution in [3.8, 4) is 11.1 Å². The number of fused-ring (bicyclic) bond motifs is 10. The summed E-state index contributed by atoms with van der Waals surface area (Å²) in [6, 6.07) is 31.7. The summed E-state index contributed by atoms with van der Waals surface area (Å²) in [4.78, 5) is 7.27. The van der Waals surface area contributed by atoms with Crippen molar-refractivity contribution < 1.29 is 0 Å². The zero-order valence-corrected chi connectivity index (χ0v) is 53.7. The van der Waals surface area contributed by atoms with Crippen LogP contribution >= 0.6 is 11.3 Å². The van der Waals surface area contributed by atoms with Gasteiger partial charge >= 0.3 is 0 Å². The third kappa shape index (κ3) is 7.72. The molecule has 0 unspecified atom stereocenters. The lowest BCUT2D eigenvalue weighted by Crippen LogP contribution is -2.63. The van der Waals surface area contributed by atoms with Crippen molar-refractivity contribution in [2.75, 3.05) is 9.80 Å². The maximum absolute atomic E-state index is 2.84. The van der Waals surface area contributed by atoms with E-state index in [2.05, 4.69) is 239 Å². The molecule has 0 bridgehead atoms. The normalized spacial score (nSPS) is 23.7. The van der Waals surface area contributed by atoms with Gasteiger partial charge in [-0.25, -0.2) is 0 Å². The zero-order valence-electron chi connectivity index (χ0n) is 52.9. The fraction of sp³-hybridized carbons (Fsp3) is 0.547. The Morgan fingerprint density at radius 1 is 0.354 bits per heavy atom. The first-order valence-electron chi connectivity index (χ1n) is 31.1. The van der Waals surface area contributed by atoms with Crippen LogP contribution in [0.25, 0.3) is 11.1 Å². The van der Waals surface area contributed by atoms with E-state index in [1.54, 1.807) is 21.5 Å². The second-order valence-electron chi connectivity index (χ2n) is 33.5. The van der Waals surface area contributed by atoms with Crippen molar-refractivity contribution in [2.45, 2.75) is 264 Å². The Bertz CT molecular complexity index is 3610. The topological polar surface area (TPSA) is 6.48 Å². The summed E-state index contributed by atoms with van der Waals surface area (Å²) >= 11 is 2.15. The van der Waals surface area contributed by atoms with Crippen LogP contribution in [-0.2, 0) is 54.1 Å². The molecule has 7 aliphatic rings. The highest BCUT2D eigenvalue weighted by molar-refractivity contribution is 7.20. The number of aryl methyl sites for hydroxylation is 1. The predicted octanol–water partition coefficient (Wildman–Crippen LogP) is 19.6. The summed E-state index contributed by atoms with van der Waals surface area (Å²) in [6.07, 6.45) is 11.9. The molecule has 5 aliphatic carbocycles. The van der Waals surface area contributed by atoms with E-state index in [1.165, 1.54) is 164 Å². The number of thiophene rings is 1. The molecule has 414 valence electrons. The van der Waals surface area contributed by atoms with Crippen LogP contribution in [0.5, 0.6) is 0 Å². The van der Waals surface area contributed by atoms with Gasteiger partial charge in [-0.1, -0.05) is 169 Å². The highest BCUT2D eigenvalue weighted by Crippen LogP contribution is 2.59. The largest absolute Gasteiger partial charge is 0.311 e. The third-order valence-corrected chi connectivity index (χ3v) is 24.8. The summed E-state index contributed by atoms with van der Waals surface area (Å²) in [7, 11) is 0. The molecule has 0 N–H and O–H groups in total. The summed E-state index contributed by atoms with van der Waals surface area (Å²) in [5.41, 5.74) is 29.9. The fourth-order valence-corrected chi connectivity index (χ4v) is 18.7. The van der Waals surface area contributed by atoms with Crippen LogP contribution in [0.15, 0.2) is 72.8 Å². The van der Waals surface area contributed by atoms with E-state index in [1.807, 2.05) is 0 Å². The molecular weight excluding hydrogens is 972 g/mol. The van der Waals surface area contributed by atoms with Gasteiger partial charge in [0.25, 0.3) is 6.71 Å². The minimum atomic E-state index is 0.00451. The first-order chi connectivity index (χ1) is 36.5. The lowest BCUT2D eigenvalue weighted by atomic mass is 9.32. The van der Waals surface area contributed by atoms with Gasteiger partial charge < -0.3 is 9.80 Å². The molecule has 2 aliphatic heterocycles. The molecule has 0 atom stereocenters. The molecule has 5 aromatic carbocycles. The van der Waals surface area contributed by atoms with Crippen LogP contribution in [0.4, 0.5) is 33.4 Å². The number of rotatable bonds is 3. The van der Waals surface area contributed by atoms with Crippen LogP contribution in [0, 0.1) is 6.92 Å². The average Bonchev–Trinajstić information content (AvgIpc) is 2.52. The third-order valence-electron chi connectivity index (χ3n) is 23.2. The molecule has 0 amide bonds. The van der Waals surface area contributed by atoms with Crippen molar-refractivity contribution in [1.82, 2.24) is 0 Å². The molecule has 4 heteroatoms. The summed E-state index contributed by atoms with van der Waals surface area (Å²) in [5, 5.41) is 1.45. The summed E-state index contributed by atoms with van der Waals surface area (Å²) in [5.74, 6) is 0. The molecule has 0 saturated carbocycles. The maximum atomic E-state index is 2.84. The SMILES string of the molecule is Cc1cc2c(cc1-c1cc3c4c(c1)N(c1ccc5c(c1)C(C)(C)CCC5(C)C)c1sc5c(c1B4c1cc4c(cc1N3c1ccc3c(c1)C(C)(C)CCC3(C)C)C(C)(C)CCC4(C)C)C(C)(C)CCC5(C)C)C(C)(C)CCC2(C)C. The molecule has 3 heterocycles. The Kier molecular flexibility index (Phi) is 11.1. The van der Waals surface area contributed by atoms with Crippen LogP contribution in [-0.4, -0.2) is 6.71 Å². The molecule has 0 radical (unpaired) electrons. The predicted molar refractivity (Wildman–Crippen MR) is 345 cm³/mol. The lowest BCUT2D eigenvalue weighted by Gasteiger charge is -2.48. The molecule has 13 rings (SSSR count). The van der Waals surface area contributed by atoms with Gasteiger partial charge in [-0.05, 0) is 251 Å². The summed E-state index contributed by atoms with van der Waals surface area (Å²) < 4.78 is 0. The Morgan fingerprint density at radius 2 is 0.734 bits per heavy atom. The van der Waals surface area contributed by atoms with Crippen LogP contribution in [0.2, 0.25) is 0 Å². The molecule has 79 heavy (non-hydrogen) atoms. The van der Waals surface area contributed by atoms with E-state index < -0.39 is 0 Å². The Morgan fingerprint density at radius 3 is 1.23 bits per heavy atom. The molecule has 0 spiro atoms. The maximum Gasteiger partial charge on any atom is 0.253 e. The highest BCUT2D eigenvalue weighted by Gasteiger charge is 2.53. The van der Waals surface area contributed by atoms with Crippen LogP contribution < -0.4 is 26.2 Å². The molecule has 0 saturated heterocycles. The van der Waals surface area contributed by atoms with Gasteiger partial charge in [0, 0.05) is 33.3 Å². The smallest absolute Gasteiger partial charge is 0.253 e. The zero-order chi connectivity index (χ0) is 56.7. The second kappa shape index (κ2) is 16.4. The van der Waals surface area contributed by atoms with Crippen molar-refractivity contribution in [3.63, 3.8) is 0 Å². The first-order valence-corrected chi connectivity index (χ1v) is 31.9. The van der Waals surface area contributed by atoms with Gasteiger partial charge in [0.05, 0.1) is 5.00 Å². The van der Waals surface area contributed by atoms with E-state index >= 15 is 0 Å². The fourth-order valence-electron chi connectivity index (χ4n) is 17.1. The molecular formula is C75H95BN2S. The average molecular weight is 1070 g/mol. The van der Waals surface area contributed by atoms with Gasteiger partial charge in [0.15, 0.2) is 0 Å². The van der Waals surface area contributed by atoms with Crippen LogP contribution in [0.3, 0.4) is 0 Å². The number of anilines is 6. The molecule has 1 aromatic heterocycles. The Labute approximate surface area is 483 Å². The van der Waals surface area contributed by atoms with Gasteiger partial charge in [0.2, 0.25) is 0 Å². The quantitative estimate of drug-likeness (QED) is 0.163. The number of benzene rings is 5. The second-order valence-corrected chi connectivity index (χ2v) is 34.5. The minimum absolute atomic E-state index is 0.00451. The minimum Gasteiger partial charge on any atom is -0.311 e. The first kappa shape index (κ1) is 53.8. The molecule has 6 aromatic rings. The van der Waals surface area contributed by atoms with E-state index in [0.29, 0.717) is 0 Å². The van der Waals surface area contributed by atoms with Crippen molar-refractivity contribution in [1.29, 1.82) is 0 Å². The van der Waals surface area contributed by atoms with Crippen molar-refractivity contribution in [3.05, 3.63) is 133 Å². The van der Waals surface area contributed by atoms with E-state index in [9.17, 15) is 0 Å². The monoisotopic (exact) mass is 1070 g/mol.